The molecule has 96 valence electrons. The van der Waals surface area contributed by atoms with Crippen molar-refractivity contribution in [3.05, 3.63) is 65.0 Å². The molecule has 0 spiro atoms. The Morgan fingerprint density at radius 3 is 2.63 bits per heavy atom. The molecule has 2 heterocycles. The van der Waals surface area contributed by atoms with E-state index in [1.54, 1.807) is 31.3 Å². The Balaban J connectivity index is 2.27. The summed E-state index contributed by atoms with van der Waals surface area (Å²) in [7, 11) is 1.59. The van der Waals surface area contributed by atoms with Crippen LogP contribution in [0.4, 0.5) is 0 Å². The molecule has 1 aromatic heterocycles. The lowest BCUT2D eigenvalue weighted by Gasteiger charge is -2.30. The van der Waals surface area contributed by atoms with Gasteiger partial charge in [-0.1, -0.05) is 24.3 Å². The molecular weight excluding hydrogens is 240 g/mol. The van der Waals surface area contributed by atoms with Gasteiger partial charge >= 0.3 is 0 Å². The third kappa shape index (κ3) is 1.50. The standard InChI is InChI=1S/C15H14N2O2/c1-10-6-5-9-13(16-10)15(19)12-8-4-3-7-11(12)14(18)17(15)2/h3-9,19H,1-2H3. The fourth-order valence-corrected chi connectivity index (χ4v) is 2.53. The first-order valence-corrected chi connectivity index (χ1v) is 6.09. The highest BCUT2D eigenvalue weighted by Crippen LogP contribution is 2.40. The van der Waals surface area contributed by atoms with Crippen LogP contribution in [0.15, 0.2) is 42.5 Å². The molecular formula is C15H14N2O2. The minimum Gasteiger partial charge on any atom is -0.362 e. The number of aryl methyl sites for hydroxylation is 1. The average molecular weight is 254 g/mol. The van der Waals surface area contributed by atoms with Crippen LogP contribution in [-0.2, 0) is 5.72 Å². The second kappa shape index (κ2) is 3.90. The number of pyridine rings is 1. The summed E-state index contributed by atoms with van der Waals surface area (Å²) in [5, 5.41) is 11.0. The molecule has 1 aliphatic rings. The molecule has 1 atom stereocenters. The number of benzene rings is 1. The largest absolute Gasteiger partial charge is 0.362 e. The molecule has 1 unspecified atom stereocenters. The quantitative estimate of drug-likeness (QED) is 0.842. The van der Waals surface area contributed by atoms with Crippen LogP contribution in [0.25, 0.3) is 0 Å². The number of rotatable bonds is 1. The number of carbonyl (C=O) groups excluding carboxylic acids is 1. The van der Waals surface area contributed by atoms with Gasteiger partial charge in [-0.3, -0.25) is 9.78 Å². The summed E-state index contributed by atoms with van der Waals surface area (Å²) in [6, 6.07) is 12.5. The lowest BCUT2D eigenvalue weighted by atomic mass is 9.97. The Bertz CT molecular complexity index is 669. The molecule has 1 amide bonds. The monoisotopic (exact) mass is 254 g/mol. The van der Waals surface area contributed by atoms with Gasteiger partial charge in [-0.05, 0) is 25.1 Å². The zero-order valence-electron chi connectivity index (χ0n) is 10.8. The van der Waals surface area contributed by atoms with Gasteiger partial charge in [-0.15, -0.1) is 0 Å². The predicted molar refractivity (Wildman–Crippen MR) is 70.5 cm³/mol. The Kier molecular flexibility index (Phi) is 2.43. The number of aromatic nitrogens is 1. The van der Waals surface area contributed by atoms with Gasteiger partial charge in [-0.2, -0.15) is 0 Å². The smallest absolute Gasteiger partial charge is 0.256 e. The lowest BCUT2D eigenvalue weighted by Crippen LogP contribution is -2.42. The molecule has 0 saturated carbocycles. The first kappa shape index (κ1) is 11.9. The van der Waals surface area contributed by atoms with Crippen molar-refractivity contribution < 1.29 is 9.90 Å². The molecule has 1 N–H and O–H groups in total. The molecule has 0 saturated heterocycles. The molecule has 4 nitrogen and oxygen atoms in total. The van der Waals surface area contributed by atoms with Crippen LogP contribution in [0.3, 0.4) is 0 Å². The van der Waals surface area contributed by atoms with Crippen molar-refractivity contribution in [2.24, 2.45) is 0 Å². The maximum Gasteiger partial charge on any atom is 0.256 e. The molecule has 0 bridgehead atoms. The second-order valence-corrected chi connectivity index (χ2v) is 4.75. The van der Waals surface area contributed by atoms with Gasteiger partial charge in [0.1, 0.15) is 0 Å². The maximum atomic E-state index is 12.2. The summed E-state index contributed by atoms with van der Waals surface area (Å²) in [4.78, 5) is 17.9. The SMILES string of the molecule is Cc1cccc(C2(O)c3ccccc3C(=O)N2C)n1. The van der Waals surface area contributed by atoms with Crippen molar-refractivity contribution in [1.29, 1.82) is 0 Å². The number of hydrogen-bond acceptors (Lipinski definition) is 3. The Labute approximate surface area is 111 Å². The summed E-state index contributed by atoms with van der Waals surface area (Å²) in [5.74, 6) is -0.193. The number of carbonyl (C=O) groups is 1. The molecule has 4 heteroatoms. The molecule has 3 rings (SSSR count). The Hall–Kier alpha value is -2.20. The fraction of sp³-hybridized carbons (Fsp3) is 0.200. The van der Waals surface area contributed by atoms with E-state index in [4.69, 9.17) is 0 Å². The van der Waals surface area contributed by atoms with Crippen molar-refractivity contribution in [3.8, 4) is 0 Å². The zero-order chi connectivity index (χ0) is 13.6. The van der Waals surface area contributed by atoms with Crippen molar-refractivity contribution in [1.82, 2.24) is 9.88 Å². The van der Waals surface area contributed by atoms with E-state index >= 15 is 0 Å². The van der Waals surface area contributed by atoms with Gasteiger partial charge in [0, 0.05) is 23.9 Å². The maximum absolute atomic E-state index is 12.2. The second-order valence-electron chi connectivity index (χ2n) is 4.75. The summed E-state index contributed by atoms with van der Waals surface area (Å²) in [5.41, 5.74) is 0.889. The summed E-state index contributed by atoms with van der Waals surface area (Å²) in [6.07, 6.45) is 0. The number of amides is 1. The third-order valence-electron chi connectivity index (χ3n) is 3.57. The van der Waals surface area contributed by atoms with Crippen LogP contribution < -0.4 is 0 Å². The van der Waals surface area contributed by atoms with Crippen LogP contribution in [0, 0.1) is 6.92 Å². The van der Waals surface area contributed by atoms with Crippen LogP contribution >= 0.6 is 0 Å². The van der Waals surface area contributed by atoms with Crippen molar-refractivity contribution in [2.75, 3.05) is 7.05 Å². The number of fused-ring (bicyclic) bond motifs is 1. The fourth-order valence-electron chi connectivity index (χ4n) is 2.53. The van der Waals surface area contributed by atoms with E-state index in [0.29, 0.717) is 16.8 Å². The summed E-state index contributed by atoms with van der Waals surface area (Å²) >= 11 is 0. The Morgan fingerprint density at radius 1 is 1.16 bits per heavy atom. The van der Waals surface area contributed by atoms with E-state index in [-0.39, 0.29) is 5.91 Å². The minimum absolute atomic E-state index is 0.193. The van der Waals surface area contributed by atoms with E-state index in [9.17, 15) is 9.90 Å². The summed E-state index contributed by atoms with van der Waals surface area (Å²) in [6.45, 7) is 1.86. The highest BCUT2D eigenvalue weighted by Gasteiger charge is 2.48. The van der Waals surface area contributed by atoms with Gasteiger partial charge in [0.05, 0.1) is 5.69 Å². The lowest BCUT2D eigenvalue weighted by molar-refractivity contribution is -0.0402. The van der Waals surface area contributed by atoms with Gasteiger partial charge in [0.25, 0.3) is 5.91 Å². The van der Waals surface area contributed by atoms with Gasteiger partial charge in [0.2, 0.25) is 5.72 Å². The number of aliphatic hydroxyl groups is 1. The highest BCUT2D eigenvalue weighted by molar-refractivity contribution is 6.00. The van der Waals surface area contributed by atoms with Crippen LogP contribution in [-0.4, -0.2) is 27.9 Å². The predicted octanol–water partition coefficient (Wildman–Crippen LogP) is 1.67. The van der Waals surface area contributed by atoms with E-state index in [1.165, 1.54) is 4.90 Å². The van der Waals surface area contributed by atoms with Crippen molar-refractivity contribution >= 4 is 5.91 Å². The average Bonchev–Trinajstić information content (AvgIpc) is 2.63. The van der Waals surface area contributed by atoms with E-state index in [2.05, 4.69) is 4.98 Å². The van der Waals surface area contributed by atoms with Gasteiger partial charge < -0.3 is 10.0 Å². The molecule has 0 fully saturated rings. The van der Waals surface area contributed by atoms with E-state index in [1.807, 2.05) is 25.1 Å². The topological polar surface area (TPSA) is 53.4 Å². The number of hydrogen-bond donors (Lipinski definition) is 1. The van der Waals surface area contributed by atoms with Crippen LogP contribution in [0.1, 0.15) is 27.3 Å². The molecule has 2 aromatic rings. The molecule has 19 heavy (non-hydrogen) atoms. The van der Waals surface area contributed by atoms with Gasteiger partial charge in [0.15, 0.2) is 0 Å². The normalized spacial score (nSPS) is 21.6. The van der Waals surface area contributed by atoms with Crippen molar-refractivity contribution in [2.45, 2.75) is 12.6 Å². The Morgan fingerprint density at radius 2 is 1.89 bits per heavy atom. The third-order valence-corrected chi connectivity index (χ3v) is 3.57. The van der Waals surface area contributed by atoms with Crippen LogP contribution in [0.5, 0.6) is 0 Å². The zero-order valence-corrected chi connectivity index (χ0v) is 10.8. The van der Waals surface area contributed by atoms with Gasteiger partial charge in [-0.25, -0.2) is 0 Å². The van der Waals surface area contributed by atoms with E-state index in [0.717, 1.165) is 5.69 Å². The first-order valence-electron chi connectivity index (χ1n) is 6.09. The number of nitrogens with zero attached hydrogens (tertiary/aromatic N) is 2. The van der Waals surface area contributed by atoms with Crippen LogP contribution in [0.2, 0.25) is 0 Å². The first-order chi connectivity index (χ1) is 9.05. The highest BCUT2D eigenvalue weighted by atomic mass is 16.3. The minimum atomic E-state index is -1.49. The summed E-state index contributed by atoms with van der Waals surface area (Å²) < 4.78 is 0. The molecule has 0 radical (unpaired) electrons. The van der Waals surface area contributed by atoms with E-state index < -0.39 is 5.72 Å². The molecule has 1 aliphatic heterocycles. The molecule has 0 aliphatic carbocycles. The molecule has 1 aromatic carbocycles. The van der Waals surface area contributed by atoms with Crippen molar-refractivity contribution in [3.63, 3.8) is 0 Å².